The minimum absolute atomic E-state index is 0.457. The maximum Gasteiger partial charge on any atom is 0.560 e. The van der Waals surface area contributed by atoms with Crippen molar-refractivity contribution in [3.8, 4) is 5.75 Å². The average molecular weight is 227 g/mol. The van der Waals surface area contributed by atoms with Crippen LogP contribution in [0.2, 0.25) is 0 Å². The molecule has 0 radical (unpaired) electrons. The van der Waals surface area contributed by atoms with Crippen molar-refractivity contribution in [3.63, 3.8) is 0 Å². The lowest BCUT2D eigenvalue weighted by Crippen LogP contribution is -2.36. The van der Waals surface area contributed by atoms with E-state index in [-0.39, 0.29) is 0 Å². The highest BCUT2D eigenvalue weighted by molar-refractivity contribution is 6.60. The van der Waals surface area contributed by atoms with E-state index in [1.54, 1.807) is 6.07 Å². The van der Waals surface area contributed by atoms with Crippen LogP contribution in [0.3, 0.4) is 0 Å². The van der Waals surface area contributed by atoms with Crippen LogP contribution in [0.5, 0.6) is 5.75 Å². The average Bonchev–Trinajstić information content (AvgIpc) is 2.40. The zero-order valence-corrected chi connectivity index (χ0v) is 9.41. The van der Waals surface area contributed by atoms with Crippen molar-refractivity contribution < 1.29 is 9.68 Å². The van der Waals surface area contributed by atoms with Crippen molar-refractivity contribution in [1.29, 1.82) is 0 Å². The van der Waals surface area contributed by atoms with Gasteiger partial charge < -0.3 is 15.4 Å². The molecule has 2 aromatic carbocycles. The summed E-state index contributed by atoms with van der Waals surface area (Å²) in [6, 6.07) is 16.6. The van der Waals surface area contributed by atoms with E-state index in [1.807, 2.05) is 48.5 Å². The first kappa shape index (κ1) is 11.7. The molecule has 0 heterocycles. The number of nitrogens with two attached hydrogens (primary N) is 1. The Kier molecular flexibility index (Phi) is 3.80. The van der Waals surface area contributed by atoms with Crippen molar-refractivity contribution in [2.45, 2.75) is 6.54 Å². The number of benzene rings is 2. The fourth-order valence-corrected chi connectivity index (χ4v) is 1.56. The summed E-state index contributed by atoms with van der Waals surface area (Å²) < 4.78 is 5.44. The van der Waals surface area contributed by atoms with Gasteiger partial charge in [-0.25, -0.2) is 0 Å². The molecule has 0 spiro atoms. The van der Waals surface area contributed by atoms with Crippen molar-refractivity contribution >= 4 is 12.6 Å². The lowest BCUT2D eigenvalue weighted by molar-refractivity contribution is 0.432. The molecule has 4 heteroatoms. The van der Waals surface area contributed by atoms with E-state index in [1.165, 1.54) is 0 Å². The van der Waals surface area contributed by atoms with Gasteiger partial charge >= 0.3 is 7.12 Å². The second-order valence-corrected chi connectivity index (χ2v) is 3.73. The Morgan fingerprint density at radius 1 is 1.06 bits per heavy atom. The molecule has 17 heavy (non-hydrogen) atoms. The molecule has 0 aliphatic heterocycles. The summed E-state index contributed by atoms with van der Waals surface area (Å²) >= 11 is 0. The minimum Gasteiger partial charge on any atom is -0.532 e. The van der Waals surface area contributed by atoms with Gasteiger partial charge in [0.25, 0.3) is 0 Å². The summed E-state index contributed by atoms with van der Waals surface area (Å²) in [5, 5.41) is 9.88. The van der Waals surface area contributed by atoms with Crippen molar-refractivity contribution in [2.24, 2.45) is 5.73 Å². The van der Waals surface area contributed by atoms with Crippen LogP contribution in [0.15, 0.2) is 54.6 Å². The van der Waals surface area contributed by atoms with Crippen LogP contribution >= 0.6 is 0 Å². The molecular formula is C13H14BNO2. The molecule has 0 bridgehead atoms. The Morgan fingerprint density at radius 2 is 1.82 bits per heavy atom. The molecule has 3 nitrogen and oxygen atoms in total. The number of rotatable bonds is 4. The van der Waals surface area contributed by atoms with Crippen LogP contribution < -0.4 is 15.9 Å². The van der Waals surface area contributed by atoms with E-state index in [4.69, 9.17) is 10.4 Å². The summed E-state index contributed by atoms with van der Waals surface area (Å²) in [7, 11) is -0.954. The summed E-state index contributed by atoms with van der Waals surface area (Å²) in [5.74, 6) is 0.615. The maximum absolute atomic E-state index is 9.88. The van der Waals surface area contributed by atoms with Gasteiger partial charge in [0.1, 0.15) is 5.75 Å². The fraction of sp³-hybridized carbons (Fsp3) is 0.0769. The molecule has 0 unspecified atom stereocenters. The van der Waals surface area contributed by atoms with Crippen LogP contribution in [-0.2, 0) is 6.54 Å². The van der Waals surface area contributed by atoms with E-state index < -0.39 is 7.12 Å². The quantitative estimate of drug-likeness (QED) is 0.763. The van der Waals surface area contributed by atoms with Crippen LogP contribution in [0, 0.1) is 0 Å². The standard InChI is InChI=1S/C13H14BNO2/c15-10-11-5-4-8-13(9-11)17-14(16)12-6-2-1-3-7-12/h1-9,16H,10,15H2. The highest BCUT2D eigenvalue weighted by Gasteiger charge is 2.17. The molecule has 0 aliphatic rings. The highest BCUT2D eigenvalue weighted by atomic mass is 16.5. The van der Waals surface area contributed by atoms with Crippen molar-refractivity contribution in [2.75, 3.05) is 0 Å². The van der Waals surface area contributed by atoms with Gasteiger partial charge in [-0.3, -0.25) is 0 Å². The Balaban J connectivity index is 2.10. The molecule has 0 fully saturated rings. The normalized spacial score (nSPS) is 10.0. The van der Waals surface area contributed by atoms with Gasteiger partial charge in [0.2, 0.25) is 0 Å². The van der Waals surface area contributed by atoms with E-state index in [0.717, 1.165) is 11.0 Å². The van der Waals surface area contributed by atoms with E-state index >= 15 is 0 Å². The second kappa shape index (κ2) is 5.52. The van der Waals surface area contributed by atoms with Gasteiger partial charge in [-0.05, 0) is 23.2 Å². The molecule has 3 N–H and O–H groups in total. The maximum atomic E-state index is 9.88. The molecule has 0 saturated carbocycles. The smallest absolute Gasteiger partial charge is 0.532 e. The molecule has 0 saturated heterocycles. The van der Waals surface area contributed by atoms with Gasteiger partial charge in [0.05, 0.1) is 0 Å². The third-order valence-electron chi connectivity index (χ3n) is 2.47. The fourth-order valence-electron chi connectivity index (χ4n) is 1.56. The predicted octanol–water partition coefficient (Wildman–Crippen LogP) is 0.912. The molecule has 0 aliphatic carbocycles. The highest BCUT2D eigenvalue weighted by Crippen LogP contribution is 2.13. The lowest BCUT2D eigenvalue weighted by Gasteiger charge is -2.10. The van der Waals surface area contributed by atoms with Crippen LogP contribution in [0.1, 0.15) is 5.56 Å². The Bertz CT molecular complexity index is 476. The van der Waals surface area contributed by atoms with Gasteiger partial charge in [-0.1, -0.05) is 42.5 Å². The van der Waals surface area contributed by atoms with Gasteiger partial charge in [-0.15, -0.1) is 0 Å². The third kappa shape index (κ3) is 3.09. The molecule has 2 aromatic rings. The number of hydrogen-bond donors (Lipinski definition) is 2. The molecule has 0 atom stereocenters. The van der Waals surface area contributed by atoms with Gasteiger partial charge in [-0.2, -0.15) is 0 Å². The van der Waals surface area contributed by atoms with Gasteiger partial charge in [0, 0.05) is 6.54 Å². The predicted molar refractivity (Wildman–Crippen MR) is 69.0 cm³/mol. The second-order valence-electron chi connectivity index (χ2n) is 3.73. The lowest BCUT2D eigenvalue weighted by atomic mass is 9.79. The Morgan fingerprint density at radius 3 is 2.53 bits per heavy atom. The zero-order chi connectivity index (χ0) is 12.1. The first-order chi connectivity index (χ1) is 8.29. The summed E-state index contributed by atoms with van der Waals surface area (Å²) in [6.45, 7) is 0.457. The topological polar surface area (TPSA) is 55.5 Å². The first-order valence-corrected chi connectivity index (χ1v) is 5.48. The molecule has 0 amide bonds. The molecule has 0 aromatic heterocycles. The van der Waals surface area contributed by atoms with Gasteiger partial charge in [0.15, 0.2) is 0 Å². The third-order valence-corrected chi connectivity index (χ3v) is 2.47. The Labute approximate surface area is 101 Å². The summed E-state index contributed by atoms with van der Waals surface area (Å²) in [5.41, 5.74) is 7.24. The van der Waals surface area contributed by atoms with Crippen molar-refractivity contribution in [3.05, 3.63) is 60.2 Å². The molecule has 86 valence electrons. The summed E-state index contributed by atoms with van der Waals surface area (Å²) in [6.07, 6.45) is 0. The van der Waals surface area contributed by atoms with E-state index in [0.29, 0.717) is 12.3 Å². The minimum atomic E-state index is -0.954. The largest absolute Gasteiger partial charge is 0.560 e. The van der Waals surface area contributed by atoms with E-state index in [9.17, 15) is 5.02 Å². The van der Waals surface area contributed by atoms with E-state index in [2.05, 4.69) is 0 Å². The number of hydrogen-bond acceptors (Lipinski definition) is 3. The van der Waals surface area contributed by atoms with Crippen LogP contribution in [0.4, 0.5) is 0 Å². The first-order valence-electron chi connectivity index (χ1n) is 5.48. The Hall–Kier alpha value is -1.78. The van der Waals surface area contributed by atoms with Crippen LogP contribution in [-0.4, -0.2) is 12.1 Å². The molecule has 2 rings (SSSR count). The molecular weight excluding hydrogens is 213 g/mol. The monoisotopic (exact) mass is 227 g/mol. The zero-order valence-electron chi connectivity index (χ0n) is 9.41. The summed E-state index contributed by atoms with van der Waals surface area (Å²) in [4.78, 5) is 0. The van der Waals surface area contributed by atoms with Crippen molar-refractivity contribution in [1.82, 2.24) is 0 Å². The van der Waals surface area contributed by atoms with Crippen LogP contribution in [0.25, 0.3) is 0 Å². The SMILES string of the molecule is NCc1cccc(OB(O)c2ccccc2)c1.